The molecule has 0 saturated heterocycles. The van der Waals surface area contributed by atoms with Gasteiger partial charge in [0, 0.05) is 17.1 Å². The van der Waals surface area contributed by atoms with Gasteiger partial charge in [0.2, 0.25) is 0 Å². The van der Waals surface area contributed by atoms with Crippen LogP contribution in [0.25, 0.3) is 11.3 Å². The molecule has 102 valence electrons. The molecule has 0 unspecified atom stereocenters. The molecule has 0 spiro atoms. The predicted octanol–water partition coefficient (Wildman–Crippen LogP) is 4.00. The van der Waals surface area contributed by atoms with Crippen molar-refractivity contribution >= 4 is 11.3 Å². The van der Waals surface area contributed by atoms with Crippen LogP contribution in [0.2, 0.25) is 0 Å². The molecule has 0 aliphatic carbocycles. The first-order valence-electron chi connectivity index (χ1n) is 6.57. The van der Waals surface area contributed by atoms with Gasteiger partial charge in [-0.05, 0) is 36.1 Å². The monoisotopic (exact) mass is 284 g/mol. The Balaban J connectivity index is 1.58. The average Bonchev–Trinajstić information content (AvgIpc) is 3.11. The summed E-state index contributed by atoms with van der Waals surface area (Å²) in [5, 5.41) is 8.72. The van der Waals surface area contributed by atoms with E-state index in [1.807, 2.05) is 35.1 Å². The minimum absolute atomic E-state index is 0.621. The van der Waals surface area contributed by atoms with Gasteiger partial charge < -0.3 is 4.74 Å². The normalized spacial score (nSPS) is 10.7. The molecule has 0 aliphatic heterocycles. The summed E-state index contributed by atoms with van der Waals surface area (Å²) in [5.41, 5.74) is 3.35. The maximum absolute atomic E-state index is 5.78. The number of hydrogen-bond donors (Lipinski definition) is 0. The first-order valence-corrected chi connectivity index (χ1v) is 7.52. The smallest absolute Gasteiger partial charge is 0.122 e. The highest BCUT2D eigenvalue weighted by molar-refractivity contribution is 7.08. The highest BCUT2D eigenvalue weighted by atomic mass is 32.1. The van der Waals surface area contributed by atoms with Gasteiger partial charge in [0.25, 0.3) is 0 Å². The molecule has 20 heavy (non-hydrogen) atoms. The molecule has 3 rings (SSSR count). The first-order chi connectivity index (χ1) is 9.83. The van der Waals surface area contributed by atoms with E-state index in [0.29, 0.717) is 6.61 Å². The first kappa shape index (κ1) is 12.9. The Morgan fingerprint density at radius 3 is 2.90 bits per heavy atom. The summed E-state index contributed by atoms with van der Waals surface area (Å²) in [6.07, 6.45) is 1.99. The zero-order valence-corrected chi connectivity index (χ0v) is 12.1. The highest BCUT2D eigenvalue weighted by Gasteiger charge is 2.03. The van der Waals surface area contributed by atoms with E-state index in [4.69, 9.17) is 4.74 Å². The highest BCUT2D eigenvalue weighted by Crippen LogP contribution is 2.20. The lowest BCUT2D eigenvalue weighted by atomic mass is 10.2. The fourth-order valence-corrected chi connectivity index (χ4v) is 2.67. The Morgan fingerprint density at radius 1 is 1.20 bits per heavy atom. The van der Waals surface area contributed by atoms with Gasteiger partial charge in [0.05, 0.1) is 12.2 Å². The second-order valence-electron chi connectivity index (χ2n) is 4.59. The summed E-state index contributed by atoms with van der Waals surface area (Å²) >= 11 is 1.69. The maximum atomic E-state index is 5.78. The minimum Gasteiger partial charge on any atom is -0.491 e. The third-order valence-corrected chi connectivity index (χ3v) is 3.81. The van der Waals surface area contributed by atoms with Gasteiger partial charge in [-0.25, -0.2) is 0 Å². The Hall–Kier alpha value is -2.07. The van der Waals surface area contributed by atoms with E-state index in [1.165, 1.54) is 5.56 Å². The van der Waals surface area contributed by atoms with Crippen molar-refractivity contribution in [1.82, 2.24) is 9.78 Å². The van der Waals surface area contributed by atoms with Gasteiger partial charge >= 0.3 is 0 Å². The van der Waals surface area contributed by atoms with Crippen LogP contribution in [0.4, 0.5) is 0 Å². The molecule has 4 heteroatoms. The number of aromatic nitrogens is 2. The third-order valence-electron chi connectivity index (χ3n) is 3.13. The number of benzene rings is 1. The number of nitrogens with zero attached hydrogens (tertiary/aromatic N) is 2. The quantitative estimate of drug-likeness (QED) is 0.708. The molecule has 0 N–H and O–H groups in total. The molecule has 1 aromatic carbocycles. The molecular weight excluding hydrogens is 268 g/mol. The van der Waals surface area contributed by atoms with E-state index in [-0.39, 0.29) is 0 Å². The molecule has 0 atom stereocenters. The van der Waals surface area contributed by atoms with E-state index < -0.39 is 0 Å². The SMILES string of the molecule is Cc1ccccc1OCCn1ccc(-c2ccsc2)n1. The Kier molecular flexibility index (Phi) is 3.83. The molecule has 0 radical (unpaired) electrons. The lowest BCUT2D eigenvalue weighted by Crippen LogP contribution is -2.09. The summed E-state index contributed by atoms with van der Waals surface area (Å²) in [6, 6.07) is 12.2. The van der Waals surface area contributed by atoms with Crippen molar-refractivity contribution in [2.75, 3.05) is 6.61 Å². The van der Waals surface area contributed by atoms with Crippen LogP contribution >= 0.6 is 11.3 Å². The standard InChI is InChI=1S/C16H16N2OS/c1-13-4-2-3-5-16(13)19-10-9-18-8-6-15(17-18)14-7-11-20-12-14/h2-8,11-12H,9-10H2,1H3. The minimum atomic E-state index is 0.621. The maximum Gasteiger partial charge on any atom is 0.122 e. The van der Waals surface area contributed by atoms with Crippen molar-refractivity contribution in [1.29, 1.82) is 0 Å². The van der Waals surface area contributed by atoms with Crippen LogP contribution in [-0.2, 0) is 6.54 Å². The van der Waals surface area contributed by atoms with E-state index in [9.17, 15) is 0 Å². The van der Waals surface area contributed by atoms with Crippen molar-refractivity contribution < 1.29 is 4.74 Å². The summed E-state index contributed by atoms with van der Waals surface area (Å²) in [7, 11) is 0. The van der Waals surface area contributed by atoms with E-state index in [2.05, 4.69) is 34.9 Å². The van der Waals surface area contributed by atoms with Crippen LogP contribution in [0, 0.1) is 6.92 Å². The topological polar surface area (TPSA) is 27.1 Å². The second kappa shape index (κ2) is 5.92. The van der Waals surface area contributed by atoms with Crippen LogP contribution in [0.5, 0.6) is 5.75 Å². The van der Waals surface area contributed by atoms with Crippen LogP contribution in [0.1, 0.15) is 5.56 Å². The zero-order chi connectivity index (χ0) is 13.8. The fourth-order valence-electron chi connectivity index (χ4n) is 2.02. The van der Waals surface area contributed by atoms with E-state index >= 15 is 0 Å². The van der Waals surface area contributed by atoms with E-state index in [1.54, 1.807) is 11.3 Å². The number of aryl methyl sites for hydroxylation is 1. The second-order valence-corrected chi connectivity index (χ2v) is 5.37. The molecule has 2 heterocycles. The van der Waals surface area contributed by atoms with Gasteiger partial charge in [-0.3, -0.25) is 4.68 Å². The van der Waals surface area contributed by atoms with Crippen LogP contribution in [0.3, 0.4) is 0 Å². The fraction of sp³-hybridized carbons (Fsp3) is 0.188. The van der Waals surface area contributed by atoms with Crippen molar-refractivity contribution in [3.63, 3.8) is 0 Å². The van der Waals surface area contributed by atoms with Crippen molar-refractivity contribution in [3.05, 3.63) is 58.9 Å². The average molecular weight is 284 g/mol. The Bertz CT molecular complexity index is 673. The third kappa shape index (κ3) is 2.91. The number of thiophene rings is 1. The summed E-state index contributed by atoms with van der Waals surface area (Å²) in [4.78, 5) is 0. The van der Waals surface area contributed by atoms with E-state index in [0.717, 1.165) is 23.6 Å². The van der Waals surface area contributed by atoms with Gasteiger partial charge in [-0.15, -0.1) is 0 Å². The van der Waals surface area contributed by atoms with Crippen LogP contribution in [-0.4, -0.2) is 16.4 Å². The number of ether oxygens (including phenoxy) is 1. The Morgan fingerprint density at radius 2 is 2.10 bits per heavy atom. The molecule has 0 saturated carbocycles. The zero-order valence-electron chi connectivity index (χ0n) is 11.3. The van der Waals surface area contributed by atoms with Crippen molar-refractivity contribution in [3.8, 4) is 17.0 Å². The lowest BCUT2D eigenvalue weighted by molar-refractivity contribution is 0.289. The van der Waals surface area contributed by atoms with Crippen LogP contribution < -0.4 is 4.74 Å². The predicted molar refractivity (Wildman–Crippen MR) is 82.2 cm³/mol. The molecule has 3 nitrogen and oxygen atoms in total. The van der Waals surface area contributed by atoms with Gasteiger partial charge in [-0.2, -0.15) is 16.4 Å². The lowest BCUT2D eigenvalue weighted by Gasteiger charge is -2.08. The molecule has 0 amide bonds. The van der Waals surface area contributed by atoms with Crippen LogP contribution in [0.15, 0.2) is 53.4 Å². The summed E-state index contributed by atoms with van der Waals surface area (Å²) in [6.45, 7) is 3.42. The molecular formula is C16H16N2OS. The summed E-state index contributed by atoms with van der Waals surface area (Å²) in [5.74, 6) is 0.942. The summed E-state index contributed by atoms with van der Waals surface area (Å²) < 4.78 is 7.70. The number of rotatable bonds is 5. The van der Waals surface area contributed by atoms with Crippen molar-refractivity contribution in [2.24, 2.45) is 0 Å². The van der Waals surface area contributed by atoms with Gasteiger partial charge in [-0.1, -0.05) is 18.2 Å². The molecule has 0 bridgehead atoms. The van der Waals surface area contributed by atoms with Gasteiger partial charge in [0.1, 0.15) is 12.4 Å². The largest absolute Gasteiger partial charge is 0.491 e. The Labute approximate surface area is 122 Å². The molecule has 0 aliphatic rings. The number of hydrogen-bond acceptors (Lipinski definition) is 3. The van der Waals surface area contributed by atoms with Crippen molar-refractivity contribution in [2.45, 2.75) is 13.5 Å². The molecule has 3 aromatic rings. The molecule has 2 aromatic heterocycles. The number of para-hydroxylation sites is 1. The van der Waals surface area contributed by atoms with Gasteiger partial charge in [0.15, 0.2) is 0 Å². The molecule has 0 fully saturated rings.